The highest BCUT2D eigenvalue weighted by Gasteiger charge is 2.32. The monoisotopic (exact) mass is 353 g/mol. The first-order valence-electron chi connectivity index (χ1n) is 8.12. The molecule has 0 bridgehead atoms. The van der Waals surface area contributed by atoms with Crippen LogP contribution in [-0.4, -0.2) is 23.3 Å². The topological polar surface area (TPSA) is 48.3 Å². The van der Waals surface area contributed by atoms with Crippen LogP contribution in [-0.2, 0) is 6.54 Å². The van der Waals surface area contributed by atoms with E-state index in [0.29, 0.717) is 52.2 Å². The number of benzene rings is 2. The number of methoxy groups -OCH3 is 1. The van der Waals surface area contributed by atoms with Crippen LogP contribution >= 0.6 is 11.6 Å². The third-order valence-electron chi connectivity index (χ3n) is 4.65. The lowest BCUT2D eigenvalue weighted by atomic mass is 10.0. The summed E-state index contributed by atoms with van der Waals surface area (Å²) in [4.78, 5) is 26.1. The Morgan fingerprint density at radius 1 is 1.04 bits per heavy atom. The molecular formula is C20H16ClNO3. The van der Waals surface area contributed by atoms with E-state index < -0.39 is 0 Å². The molecule has 1 aromatic heterocycles. The van der Waals surface area contributed by atoms with E-state index in [1.165, 1.54) is 0 Å². The third kappa shape index (κ3) is 2.29. The van der Waals surface area contributed by atoms with Crippen LogP contribution in [0, 0.1) is 0 Å². The Balaban J connectivity index is 2.11. The molecule has 3 aromatic rings. The molecule has 25 heavy (non-hydrogen) atoms. The minimum Gasteiger partial charge on any atom is -0.497 e. The first-order chi connectivity index (χ1) is 12.2. The average molecular weight is 354 g/mol. The van der Waals surface area contributed by atoms with Crippen molar-refractivity contribution in [1.82, 2.24) is 4.57 Å². The molecule has 0 spiro atoms. The highest BCUT2D eigenvalue weighted by molar-refractivity contribution is 6.26. The minimum absolute atomic E-state index is 0.0697. The van der Waals surface area contributed by atoms with Crippen LogP contribution in [0.15, 0.2) is 47.3 Å². The van der Waals surface area contributed by atoms with Gasteiger partial charge in [0.1, 0.15) is 5.75 Å². The first-order valence-corrected chi connectivity index (χ1v) is 8.65. The second kappa shape index (κ2) is 6.05. The van der Waals surface area contributed by atoms with E-state index in [2.05, 4.69) is 0 Å². The second-order valence-corrected chi connectivity index (χ2v) is 6.39. The highest BCUT2D eigenvalue weighted by Crippen LogP contribution is 2.40. The van der Waals surface area contributed by atoms with Gasteiger partial charge in [-0.1, -0.05) is 18.2 Å². The number of pyridine rings is 1. The fourth-order valence-electron chi connectivity index (χ4n) is 3.52. The molecule has 1 heterocycles. The van der Waals surface area contributed by atoms with E-state index >= 15 is 0 Å². The number of aromatic nitrogens is 1. The van der Waals surface area contributed by atoms with Crippen LogP contribution < -0.4 is 10.3 Å². The Morgan fingerprint density at radius 3 is 2.52 bits per heavy atom. The summed E-state index contributed by atoms with van der Waals surface area (Å²) in [5.41, 5.74) is 2.54. The Labute approximate surface area is 149 Å². The SMILES string of the molecule is COc1ccc2c(c1)C(=O)c1c-2n(CCCCl)c(=O)c2ccccc12. The summed E-state index contributed by atoms with van der Waals surface area (Å²) in [7, 11) is 1.57. The maximum Gasteiger partial charge on any atom is 0.258 e. The third-order valence-corrected chi connectivity index (χ3v) is 4.91. The quantitative estimate of drug-likeness (QED) is 0.523. The number of halogens is 1. The van der Waals surface area contributed by atoms with Crippen LogP contribution in [0.4, 0.5) is 0 Å². The molecule has 1 aliphatic carbocycles. The Kier molecular flexibility index (Phi) is 3.85. The second-order valence-electron chi connectivity index (χ2n) is 6.01. The molecule has 0 fully saturated rings. The van der Waals surface area contributed by atoms with Crippen LogP contribution in [0.2, 0.25) is 0 Å². The van der Waals surface area contributed by atoms with Gasteiger partial charge < -0.3 is 9.30 Å². The first kappa shape index (κ1) is 15.9. The Hall–Kier alpha value is -2.59. The lowest BCUT2D eigenvalue weighted by Crippen LogP contribution is -2.23. The van der Waals surface area contributed by atoms with Gasteiger partial charge in [0.25, 0.3) is 5.56 Å². The van der Waals surface area contributed by atoms with E-state index in [9.17, 15) is 9.59 Å². The summed E-state index contributed by atoms with van der Waals surface area (Å²) in [6.07, 6.45) is 0.659. The van der Waals surface area contributed by atoms with Crippen LogP contribution in [0.3, 0.4) is 0 Å². The summed E-state index contributed by atoms with van der Waals surface area (Å²) in [5, 5.41) is 1.26. The zero-order chi connectivity index (χ0) is 17.6. The van der Waals surface area contributed by atoms with Gasteiger partial charge in [-0.05, 0) is 30.7 Å². The maximum absolute atomic E-state index is 13.1. The van der Waals surface area contributed by atoms with Gasteiger partial charge in [0.2, 0.25) is 0 Å². The van der Waals surface area contributed by atoms with Gasteiger partial charge in [0.15, 0.2) is 5.78 Å². The van der Waals surface area contributed by atoms with Gasteiger partial charge in [0, 0.05) is 34.3 Å². The number of fused-ring (bicyclic) bond motifs is 5. The van der Waals surface area contributed by atoms with Gasteiger partial charge >= 0.3 is 0 Å². The van der Waals surface area contributed by atoms with Gasteiger partial charge in [-0.3, -0.25) is 9.59 Å². The van der Waals surface area contributed by atoms with Crippen LogP contribution in [0.25, 0.3) is 22.0 Å². The molecule has 0 N–H and O–H groups in total. The number of ether oxygens (including phenoxy) is 1. The van der Waals surface area contributed by atoms with Crippen LogP contribution in [0.5, 0.6) is 5.75 Å². The van der Waals surface area contributed by atoms with Gasteiger partial charge in [-0.25, -0.2) is 0 Å². The lowest BCUT2D eigenvalue weighted by molar-refractivity contribution is 0.104. The van der Waals surface area contributed by atoms with Crippen LogP contribution in [0.1, 0.15) is 22.3 Å². The number of hydrogen-bond acceptors (Lipinski definition) is 3. The molecule has 0 unspecified atom stereocenters. The zero-order valence-electron chi connectivity index (χ0n) is 13.7. The molecule has 0 amide bonds. The van der Waals surface area contributed by atoms with E-state index in [1.807, 2.05) is 30.3 Å². The van der Waals surface area contributed by atoms with Crippen molar-refractivity contribution >= 4 is 28.2 Å². The summed E-state index contributed by atoms with van der Waals surface area (Å²) in [6, 6.07) is 12.7. The number of ketones is 1. The molecule has 1 aliphatic rings. The number of carbonyl (C=O) groups is 1. The number of rotatable bonds is 4. The molecule has 4 rings (SSSR count). The molecule has 2 aromatic carbocycles. The molecule has 0 saturated heterocycles. The largest absolute Gasteiger partial charge is 0.497 e. The predicted molar refractivity (Wildman–Crippen MR) is 99.0 cm³/mol. The Morgan fingerprint density at radius 2 is 1.80 bits per heavy atom. The van der Waals surface area contributed by atoms with Crippen molar-refractivity contribution in [2.45, 2.75) is 13.0 Å². The van der Waals surface area contributed by atoms with Crippen molar-refractivity contribution in [3.8, 4) is 17.0 Å². The van der Waals surface area contributed by atoms with Gasteiger partial charge in [0.05, 0.1) is 18.4 Å². The summed E-state index contributed by atoms with van der Waals surface area (Å²) < 4.78 is 6.95. The molecular weight excluding hydrogens is 338 g/mol. The molecule has 126 valence electrons. The van der Waals surface area contributed by atoms with Crippen molar-refractivity contribution < 1.29 is 9.53 Å². The van der Waals surface area contributed by atoms with Crippen molar-refractivity contribution in [3.63, 3.8) is 0 Å². The number of carbonyl (C=O) groups excluding carboxylic acids is 1. The minimum atomic E-state index is -0.0871. The molecule has 4 nitrogen and oxygen atoms in total. The van der Waals surface area contributed by atoms with Crippen molar-refractivity contribution in [2.24, 2.45) is 0 Å². The van der Waals surface area contributed by atoms with E-state index in [0.717, 1.165) is 5.56 Å². The zero-order valence-corrected chi connectivity index (χ0v) is 14.5. The number of nitrogens with zero attached hydrogens (tertiary/aromatic N) is 1. The average Bonchev–Trinajstić information content (AvgIpc) is 2.94. The van der Waals surface area contributed by atoms with Crippen molar-refractivity contribution in [2.75, 3.05) is 13.0 Å². The van der Waals surface area contributed by atoms with Crippen molar-refractivity contribution in [1.29, 1.82) is 0 Å². The van der Waals surface area contributed by atoms with Crippen molar-refractivity contribution in [3.05, 3.63) is 63.9 Å². The fourth-order valence-corrected chi connectivity index (χ4v) is 3.64. The molecule has 0 radical (unpaired) electrons. The van der Waals surface area contributed by atoms with Gasteiger partial charge in [-0.2, -0.15) is 0 Å². The fraction of sp³-hybridized carbons (Fsp3) is 0.200. The normalized spacial score (nSPS) is 12.3. The molecule has 0 aliphatic heterocycles. The Bertz CT molecular complexity index is 1070. The lowest BCUT2D eigenvalue weighted by Gasteiger charge is -2.14. The van der Waals surface area contributed by atoms with Gasteiger partial charge in [-0.15, -0.1) is 11.6 Å². The molecule has 0 saturated carbocycles. The van der Waals surface area contributed by atoms with E-state index in [4.69, 9.17) is 16.3 Å². The summed E-state index contributed by atoms with van der Waals surface area (Å²) >= 11 is 5.84. The van der Waals surface area contributed by atoms with E-state index in [1.54, 1.807) is 23.8 Å². The maximum atomic E-state index is 13.1. The molecule has 5 heteroatoms. The smallest absolute Gasteiger partial charge is 0.258 e. The number of alkyl halides is 1. The predicted octanol–water partition coefficient (Wildman–Crippen LogP) is 3.85. The standard InChI is InChI=1S/C20H16ClNO3/c1-25-12-7-8-14-16(11-12)19(23)17-13-5-2-3-6-15(13)20(24)22(18(14)17)10-4-9-21/h2-3,5-8,11H,4,9-10H2,1H3. The molecule has 0 atom stereocenters. The summed E-state index contributed by atoms with van der Waals surface area (Å²) in [6.45, 7) is 0.480. The van der Waals surface area contributed by atoms with E-state index in [-0.39, 0.29) is 11.3 Å². The highest BCUT2D eigenvalue weighted by atomic mass is 35.5. The summed E-state index contributed by atoms with van der Waals surface area (Å²) in [5.74, 6) is 1.01. The number of hydrogen-bond donors (Lipinski definition) is 0.